The van der Waals surface area contributed by atoms with Crippen LogP contribution < -0.4 is 0 Å². The molecule has 1 aliphatic rings. The fraction of sp³-hybridized carbons (Fsp3) is 0.583. The van der Waals surface area contributed by atoms with Crippen molar-refractivity contribution in [1.29, 1.82) is 0 Å². The summed E-state index contributed by atoms with van der Waals surface area (Å²) in [5.41, 5.74) is 0.579. The van der Waals surface area contributed by atoms with Crippen LogP contribution in [0.5, 0.6) is 0 Å². The number of aliphatic hydroxyl groups excluding tert-OH is 1. The Balaban J connectivity index is 1.95. The number of aliphatic hydroxyl groups is 1. The third kappa shape index (κ3) is 2.79. The van der Waals surface area contributed by atoms with Crippen LogP contribution in [0.3, 0.4) is 0 Å². The molecule has 0 radical (unpaired) electrons. The van der Waals surface area contributed by atoms with E-state index in [0.717, 1.165) is 12.8 Å². The van der Waals surface area contributed by atoms with Gasteiger partial charge in [-0.25, -0.2) is 0 Å². The van der Waals surface area contributed by atoms with E-state index < -0.39 is 0 Å². The zero-order valence-electron chi connectivity index (χ0n) is 9.91. The van der Waals surface area contributed by atoms with Crippen LogP contribution in [0.25, 0.3) is 0 Å². The summed E-state index contributed by atoms with van der Waals surface area (Å²) in [4.78, 5) is 13.9. The number of carbonyl (C=O) groups is 1. The van der Waals surface area contributed by atoms with Gasteiger partial charge in [0, 0.05) is 13.1 Å². The molecule has 1 N–H and O–H groups in total. The van der Waals surface area contributed by atoms with Gasteiger partial charge in [0.1, 0.15) is 0 Å². The molecule has 1 aromatic heterocycles. The number of aromatic nitrogens is 2. The van der Waals surface area contributed by atoms with Crippen molar-refractivity contribution in [3.05, 3.63) is 24.0 Å². The predicted octanol–water partition coefficient (Wildman–Crippen LogP) is 0.710. The summed E-state index contributed by atoms with van der Waals surface area (Å²) >= 11 is 0. The molecular weight excluding hydrogens is 218 g/mol. The summed E-state index contributed by atoms with van der Waals surface area (Å²) in [7, 11) is 0. The molecule has 5 nitrogen and oxygen atoms in total. The monoisotopic (exact) mass is 235 g/mol. The summed E-state index contributed by atoms with van der Waals surface area (Å²) in [6.45, 7) is 3.22. The number of likely N-dealkylation sites (tertiary alicyclic amines) is 1. The molecule has 0 bridgehead atoms. The van der Waals surface area contributed by atoms with Gasteiger partial charge in [0.05, 0.1) is 24.1 Å². The van der Waals surface area contributed by atoms with E-state index in [-0.39, 0.29) is 12.0 Å². The van der Waals surface area contributed by atoms with E-state index in [1.807, 2.05) is 11.8 Å². The van der Waals surface area contributed by atoms with Gasteiger partial charge < -0.3 is 10.0 Å². The maximum Gasteiger partial charge on any atom is 0.255 e. The standard InChI is InChI=1S/C12H17N3O2/c1-9(16)10-3-6-15(7-4-10)12(17)11-2-5-13-14-8-11/h2,5,8-10,16H,3-4,6-7H2,1H3. The highest BCUT2D eigenvalue weighted by atomic mass is 16.3. The second-order valence-electron chi connectivity index (χ2n) is 4.50. The third-order valence-corrected chi connectivity index (χ3v) is 3.34. The highest BCUT2D eigenvalue weighted by Gasteiger charge is 2.25. The van der Waals surface area contributed by atoms with E-state index in [1.54, 1.807) is 6.07 Å². The van der Waals surface area contributed by atoms with Crippen LogP contribution in [-0.2, 0) is 0 Å². The van der Waals surface area contributed by atoms with Crippen molar-refractivity contribution in [3.8, 4) is 0 Å². The highest BCUT2D eigenvalue weighted by molar-refractivity contribution is 5.93. The Morgan fingerprint density at radius 3 is 2.71 bits per heavy atom. The van der Waals surface area contributed by atoms with E-state index in [0.29, 0.717) is 24.6 Å². The first-order valence-electron chi connectivity index (χ1n) is 5.92. The number of carbonyl (C=O) groups excluding carboxylic acids is 1. The molecule has 0 aliphatic carbocycles. The van der Waals surface area contributed by atoms with Crippen LogP contribution in [0.1, 0.15) is 30.1 Å². The molecule has 1 atom stereocenters. The fourth-order valence-corrected chi connectivity index (χ4v) is 2.18. The van der Waals surface area contributed by atoms with Gasteiger partial charge in [-0.05, 0) is 31.7 Å². The van der Waals surface area contributed by atoms with Crippen molar-refractivity contribution in [2.45, 2.75) is 25.9 Å². The molecule has 92 valence electrons. The zero-order valence-corrected chi connectivity index (χ0v) is 9.91. The van der Waals surface area contributed by atoms with Crippen LogP contribution >= 0.6 is 0 Å². The number of hydrogen-bond donors (Lipinski definition) is 1. The molecule has 0 saturated carbocycles. The molecule has 0 aromatic carbocycles. The molecule has 17 heavy (non-hydrogen) atoms. The second-order valence-corrected chi connectivity index (χ2v) is 4.50. The fourth-order valence-electron chi connectivity index (χ4n) is 2.18. The van der Waals surface area contributed by atoms with Crippen LogP contribution in [0.15, 0.2) is 18.5 Å². The quantitative estimate of drug-likeness (QED) is 0.819. The molecule has 1 saturated heterocycles. The molecule has 1 amide bonds. The van der Waals surface area contributed by atoms with Crippen molar-refractivity contribution in [3.63, 3.8) is 0 Å². The maximum atomic E-state index is 12.1. The van der Waals surface area contributed by atoms with Gasteiger partial charge in [-0.1, -0.05) is 0 Å². The number of rotatable bonds is 2. The first kappa shape index (κ1) is 12.0. The van der Waals surface area contributed by atoms with Crippen molar-refractivity contribution in [2.24, 2.45) is 5.92 Å². The first-order valence-corrected chi connectivity index (χ1v) is 5.92. The van der Waals surface area contributed by atoms with Crippen molar-refractivity contribution in [2.75, 3.05) is 13.1 Å². The topological polar surface area (TPSA) is 66.3 Å². The Labute approximate surface area is 100 Å². The first-order chi connectivity index (χ1) is 8.18. The van der Waals surface area contributed by atoms with Gasteiger partial charge in [-0.3, -0.25) is 4.79 Å². The van der Waals surface area contributed by atoms with Gasteiger partial charge in [-0.2, -0.15) is 10.2 Å². The molecule has 2 rings (SSSR count). The highest BCUT2D eigenvalue weighted by Crippen LogP contribution is 2.21. The van der Waals surface area contributed by atoms with Crippen LogP contribution in [0, 0.1) is 5.92 Å². The summed E-state index contributed by atoms with van der Waals surface area (Å²) in [6.07, 6.45) is 4.46. The molecular formula is C12H17N3O2. The van der Waals surface area contributed by atoms with E-state index in [9.17, 15) is 9.90 Å². The summed E-state index contributed by atoms with van der Waals surface area (Å²) in [5.74, 6) is 0.318. The number of amides is 1. The maximum absolute atomic E-state index is 12.1. The SMILES string of the molecule is CC(O)C1CCN(C(=O)c2ccnnc2)CC1. The molecule has 1 unspecified atom stereocenters. The molecule has 5 heteroatoms. The normalized spacial score (nSPS) is 19.1. The van der Waals surface area contributed by atoms with Crippen LogP contribution in [0.2, 0.25) is 0 Å². The van der Waals surface area contributed by atoms with Gasteiger partial charge in [-0.15, -0.1) is 0 Å². The minimum Gasteiger partial charge on any atom is -0.393 e. The molecule has 1 aromatic rings. The molecule has 0 spiro atoms. The summed E-state index contributed by atoms with van der Waals surface area (Å²) < 4.78 is 0. The lowest BCUT2D eigenvalue weighted by Crippen LogP contribution is -2.40. The van der Waals surface area contributed by atoms with Crippen molar-refractivity contribution < 1.29 is 9.90 Å². The van der Waals surface area contributed by atoms with Gasteiger partial charge in [0.2, 0.25) is 0 Å². The van der Waals surface area contributed by atoms with E-state index in [1.165, 1.54) is 12.4 Å². The largest absolute Gasteiger partial charge is 0.393 e. The van der Waals surface area contributed by atoms with Gasteiger partial charge in [0.15, 0.2) is 0 Å². The Bertz CT molecular complexity index is 373. The Morgan fingerprint density at radius 2 is 2.18 bits per heavy atom. The molecule has 2 heterocycles. The number of nitrogens with zero attached hydrogens (tertiary/aromatic N) is 3. The van der Waals surface area contributed by atoms with Crippen molar-refractivity contribution >= 4 is 5.91 Å². The molecule has 1 fully saturated rings. The Hall–Kier alpha value is -1.49. The van der Waals surface area contributed by atoms with E-state index >= 15 is 0 Å². The molecule has 1 aliphatic heterocycles. The van der Waals surface area contributed by atoms with E-state index in [4.69, 9.17) is 0 Å². The van der Waals surface area contributed by atoms with E-state index in [2.05, 4.69) is 10.2 Å². The predicted molar refractivity (Wildman–Crippen MR) is 62.3 cm³/mol. The van der Waals surface area contributed by atoms with Gasteiger partial charge >= 0.3 is 0 Å². The lowest BCUT2D eigenvalue weighted by Gasteiger charge is -2.33. The van der Waals surface area contributed by atoms with Gasteiger partial charge in [0.25, 0.3) is 5.91 Å². The number of hydrogen-bond acceptors (Lipinski definition) is 4. The number of piperidine rings is 1. The Morgan fingerprint density at radius 1 is 1.47 bits per heavy atom. The summed E-state index contributed by atoms with van der Waals surface area (Å²) in [6, 6.07) is 1.68. The average Bonchev–Trinajstić information content (AvgIpc) is 2.39. The lowest BCUT2D eigenvalue weighted by molar-refractivity contribution is 0.0521. The Kier molecular flexibility index (Phi) is 3.68. The van der Waals surface area contributed by atoms with Crippen molar-refractivity contribution in [1.82, 2.24) is 15.1 Å². The summed E-state index contributed by atoms with van der Waals surface area (Å²) in [5, 5.41) is 16.9. The van der Waals surface area contributed by atoms with Crippen LogP contribution in [0.4, 0.5) is 0 Å². The lowest BCUT2D eigenvalue weighted by atomic mass is 9.92. The minimum absolute atomic E-state index is 0.00365. The second kappa shape index (κ2) is 5.23. The van der Waals surface area contributed by atoms with Crippen LogP contribution in [-0.4, -0.2) is 45.3 Å². The minimum atomic E-state index is -0.283. The third-order valence-electron chi connectivity index (χ3n) is 3.34. The smallest absolute Gasteiger partial charge is 0.255 e. The average molecular weight is 235 g/mol. The zero-order chi connectivity index (χ0) is 12.3.